The number of benzene rings is 1. The Morgan fingerprint density at radius 2 is 1.87 bits per heavy atom. The van der Waals surface area contributed by atoms with Gasteiger partial charge in [0.25, 0.3) is 0 Å². The van der Waals surface area contributed by atoms with Crippen LogP contribution in [0.4, 0.5) is 24.8 Å². The maximum absolute atomic E-state index is 13.3. The van der Waals surface area contributed by atoms with Gasteiger partial charge in [-0.2, -0.15) is 18.3 Å². The van der Waals surface area contributed by atoms with Crippen LogP contribution in [0.15, 0.2) is 55.1 Å². The number of rotatable bonds is 8. The minimum absolute atomic E-state index is 0.00201. The normalized spacial score (nSPS) is 11.9. The zero-order chi connectivity index (χ0) is 27.5. The molecule has 0 amide bonds. The summed E-state index contributed by atoms with van der Waals surface area (Å²) in [6, 6.07) is 7.50. The molecule has 4 rings (SSSR count). The number of hydrogen-bond donors (Lipinski definition) is 1. The fourth-order valence-electron chi connectivity index (χ4n) is 3.69. The molecule has 198 valence electrons. The average molecular weight is 545 g/mol. The molecule has 0 atom stereocenters. The third kappa shape index (κ3) is 6.46. The Labute approximate surface area is 221 Å². The van der Waals surface area contributed by atoms with E-state index < -0.39 is 18.1 Å². The van der Waals surface area contributed by atoms with Gasteiger partial charge in [0.2, 0.25) is 0 Å². The van der Waals surface area contributed by atoms with Gasteiger partial charge in [0, 0.05) is 29.7 Å². The van der Waals surface area contributed by atoms with Gasteiger partial charge in [0.15, 0.2) is 6.29 Å². The smallest absolute Gasteiger partial charge is 0.393 e. The SMILES string of the molecule is CC(C)(C)n1nc(-c2ccc(CC(F)(F)F)c(OCc3ccc(Cl)cn3)c2)c(C=O)c1Nc1cnccn1. The van der Waals surface area contributed by atoms with Crippen molar-refractivity contribution in [2.24, 2.45) is 0 Å². The first-order valence-corrected chi connectivity index (χ1v) is 11.9. The molecule has 3 aromatic heterocycles. The number of aldehydes is 1. The molecule has 1 N–H and O–H groups in total. The summed E-state index contributed by atoms with van der Waals surface area (Å²) < 4.78 is 47.3. The molecule has 8 nitrogen and oxygen atoms in total. The van der Waals surface area contributed by atoms with E-state index in [0.29, 0.717) is 34.2 Å². The molecule has 0 spiro atoms. The van der Waals surface area contributed by atoms with E-state index in [1.165, 1.54) is 43.0 Å². The van der Waals surface area contributed by atoms with E-state index in [-0.39, 0.29) is 29.2 Å². The van der Waals surface area contributed by atoms with E-state index in [4.69, 9.17) is 16.3 Å². The molecule has 0 saturated heterocycles. The third-order valence-electron chi connectivity index (χ3n) is 5.38. The summed E-state index contributed by atoms with van der Waals surface area (Å²) in [4.78, 5) is 24.7. The lowest BCUT2D eigenvalue weighted by molar-refractivity contribution is -0.127. The van der Waals surface area contributed by atoms with Crippen LogP contribution in [0.25, 0.3) is 11.3 Å². The predicted octanol–water partition coefficient (Wildman–Crippen LogP) is 6.38. The minimum Gasteiger partial charge on any atom is -0.487 e. The van der Waals surface area contributed by atoms with Crippen LogP contribution in [0.1, 0.15) is 42.4 Å². The maximum Gasteiger partial charge on any atom is 0.393 e. The number of nitrogens with zero attached hydrogens (tertiary/aromatic N) is 5. The Balaban J connectivity index is 1.78. The van der Waals surface area contributed by atoms with Crippen LogP contribution in [0.5, 0.6) is 5.75 Å². The molecule has 0 aliphatic rings. The van der Waals surface area contributed by atoms with Crippen LogP contribution in [-0.4, -0.2) is 37.2 Å². The van der Waals surface area contributed by atoms with Crippen LogP contribution >= 0.6 is 11.6 Å². The van der Waals surface area contributed by atoms with Crippen LogP contribution in [-0.2, 0) is 18.6 Å². The molecule has 12 heteroatoms. The van der Waals surface area contributed by atoms with Crippen molar-refractivity contribution in [2.45, 2.75) is 45.5 Å². The quantitative estimate of drug-likeness (QED) is 0.257. The van der Waals surface area contributed by atoms with Gasteiger partial charge in [0.1, 0.15) is 29.7 Å². The number of carbonyl (C=O) groups is 1. The number of hydrogen-bond acceptors (Lipinski definition) is 7. The number of alkyl halides is 3. The van der Waals surface area contributed by atoms with Crippen molar-refractivity contribution in [2.75, 3.05) is 5.32 Å². The van der Waals surface area contributed by atoms with Crippen LogP contribution in [0.2, 0.25) is 5.02 Å². The zero-order valence-electron chi connectivity index (χ0n) is 20.8. The van der Waals surface area contributed by atoms with Gasteiger partial charge in [-0.25, -0.2) is 9.67 Å². The van der Waals surface area contributed by atoms with Crippen molar-refractivity contribution < 1.29 is 22.7 Å². The molecular formula is C26H24ClF3N6O2. The highest BCUT2D eigenvalue weighted by Gasteiger charge is 2.31. The lowest BCUT2D eigenvalue weighted by Crippen LogP contribution is -2.25. The monoisotopic (exact) mass is 544 g/mol. The predicted molar refractivity (Wildman–Crippen MR) is 137 cm³/mol. The second-order valence-electron chi connectivity index (χ2n) is 9.40. The molecule has 0 radical (unpaired) electrons. The lowest BCUT2D eigenvalue weighted by Gasteiger charge is -2.22. The van der Waals surface area contributed by atoms with Gasteiger partial charge >= 0.3 is 6.18 Å². The number of ether oxygens (including phenoxy) is 1. The number of pyridine rings is 1. The second kappa shape index (κ2) is 10.8. The number of carbonyl (C=O) groups excluding carboxylic acids is 1. The van der Waals surface area contributed by atoms with Crippen molar-refractivity contribution in [3.8, 4) is 17.0 Å². The summed E-state index contributed by atoms with van der Waals surface area (Å²) in [6.07, 6.45) is 0.944. The standard InChI is InChI=1S/C26H24ClF3N6O2/c1-25(2,3)36-24(34-22-13-31-8-9-32-22)20(14-37)23(35-36)16-4-5-17(11-26(28,29)30)21(10-16)38-15-19-7-6-18(27)12-33-19/h4-10,12-14H,11,15H2,1-3H3,(H,32,34). The number of anilines is 2. The summed E-state index contributed by atoms with van der Waals surface area (Å²) in [7, 11) is 0. The Bertz CT molecular complexity index is 1420. The Morgan fingerprint density at radius 1 is 1.08 bits per heavy atom. The first-order valence-electron chi connectivity index (χ1n) is 11.5. The van der Waals surface area contributed by atoms with Gasteiger partial charge in [-0.05, 0) is 39.0 Å². The van der Waals surface area contributed by atoms with Crippen molar-refractivity contribution >= 4 is 29.5 Å². The van der Waals surface area contributed by atoms with Gasteiger partial charge in [-0.15, -0.1) is 0 Å². The average Bonchev–Trinajstić information content (AvgIpc) is 3.23. The molecule has 0 saturated carbocycles. The van der Waals surface area contributed by atoms with E-state index in [9.17, 15) is 18.0 Å². The molecule has 0 unspecified atom stereocenters. The van der Waals surface area contributed by atoms with Gasteiger partial charge in [-0.1, -0.05) is 23.7 Å². The molecule has 4 aromatic rings. The maximum atomic E-state index is 13.3. The highest BCUT2D eigenvalue weighted by Crippen LogP contribution is 2.37. The molecular weight excluding hydrogens is 521 g/mol. The summed E-state index contributed by atoms with van der Waals surface area (Å²) in [6.45, 7) is 5.63. The third-order valence-corrected chi connectivity index (χ3v) is 5.60. The first kappa shape index (κ1) is 27.1. The van der Waals surface area contributed by atoms with Crippen LogP contribution < -0.4 is 10.1 Å². The van der Waals surface area contributed by atoms with E-state index in [1.807, 2.05) is 20.8 Å². The Hall–Kier alpha value is -3.99. The molecule has 0 aliphatic heterocycles. The van der Waals surface area contributed by atoms with E-state index in [0.717, 1.165) is 0 Å². The largest absolute Gasteiger partial charge is 0.487 e. The topological polar surface area (TPSA) is 94.8 Å². The van der Waals surface area contributed by atoms with Crippen molar-refractivity contribution in [1.29, 1.82) is 0 Å². The molecule has 0 bridgehead atoms. The van der Waals surface area contributed by atoms with Gasteiger partial charge in [0.05, 0.1) is 34.4 Å². The molecule has 0 aliphatic carbocycles. The van der Waals surface area contributed by atoms with Gasteiger partial charge < -0.3 is 10.1 Å². The highest BCUT2D eigenvalue weighted by molar-refractivity contribution is 6.30. The van der Waals surface area contributed by atoms with E-state index in [1.54, 1.807) is 16.8 Å². The lowest BCUT2D eigenvalue weighted by atomic mass is 10.0. The summed E-state index contributed by atoms with van der Waals surface area (Å²) >= 11 is 5.86. The van der Waals surface area contributed by atoms with Crippen LogP contribution in [0, 0.1) is 0 Å². The number of aromatic nitrogens is 5. The fraction of sp³-hybridized carbons (Fsp3) is 0.269. The highest BCUT2D eigenvalue weighted by atomic mass is 35.5. The molecule has 38 heavy (non-hydrogen) atoms. The van der Waals surface area contributed by atoms with Crippen LogP contribution in [0.3, 0.4) is 0 Å². The first-order chi connectivity index (χ1) is 17.9. The Kier molecular flexibility index (Phi) is 7.68. The summed E-state index contributed by atoms with van der Waals surface area (Å²) in [5.74, 6) is 0.768. The minimum atomic E-state index is -4.45. The summed E-state index contributed by atoms with van der Waals surface area (Å²) in [5.41, 5.74) is 0.752. The van der Waals surface area contributed by atoms with E-state index in [2.05, 4.69) is 25.4 Å². The van der Waals surface area contributed by atoms with Crippen molar-refractivity contribution in [3.63, 3.8) is 0 Å². The second-order valence-corrected chi connectivity index (χ2v) is 9.83. The molecule has 3 heterocycles. The number of nitrogens with one attached hydrogen (secondary N) is 1. The van der Waals surface area contributed by atoms with E-state index >= 15 is 0 Å². The Morgan fingerprint density at radius 3 is 2.47 bits per heavy atom. The molecule has 0 fully saturated rings. The zero-order valence-corrected chi connectivity index (χ0v) is 21.5. The number of halogens is 4. The van der Waals surface area contributed by atoms with Crippen molar-refractivity contribution in [3.05, 3.63) is 77.0 Å². The summed E-state index contributed by atoms with van der Waals surface area (Å²) in [5, 5.41) is 8.18. The molecule has 1 aromatic carbocycles. The van der Waals surface area contributed by atoms with Crippen molar-refractivity contribution in [1.82, 2.24) is 24.7 Å². The fourth-order valence-corrected chi connectivity index (χ4v) is 3.80. The van der Waals surface area contributed by atoms with Gasteiger partial charge in [-0.3, -0.25) is 14.8 Å².